The molecule has 0 radical (unpaired) electrons. The van der Waals surface area contributed by atoms with E-state index in [1.54, 1.807) is 29.2 Å². The maximum Gasteiger partial charge on any atom is 0.328 e. The predicted octanol–water partition coefficient (Wildman–Crippen LogP) is -0.488. The van der Waals surface area contributed by atoms with Crippen molar-refractivity contribution < 1.29 is 4.79 Å². The first-order valence-corrected chi connectivity index (χ1v) is 7.37. The number of nitrogens with one attached hydrogen (secondary N) is 2. The molecule has 7 heteroatoms. The van der Waals surface area contributed by atoms with Crippen LogP contribution >= 0.6 is 0 Å². The van der Waals surface area contributed by atoms with Gasteiger partial charge in [0.05, 0.1) is 10.9 Å². The van der Waals surface area contributed by atoms with E-state index in [9.17, 15) is 14.4 Å². The van der Waals surface area contributed by atoms with Gasteiger partial charge in [-0.2, -0.15) is 0 Å². The Hall–Kier alpha value is -2.41. The summed E-state index contributed by atoms with van der Waals surface area (Å²) in [5, 5.41) is 3.65. The minimum atomic E-state index is -0.475. The number of hydrogen-bond donors (Lipinski definition) is 2. The van der Waals surface area contributed by atoms with Crippen molar-refractivity contribution in [2.75, 3.05) is 26.2 Å². The van der Waals surface area contributed by atoms with Crippen LogP contribution < -0.4 is 16.6 Å². The molecule has 0 unspecified atom stereocenters. The summed E-state index contributed by atoms with van der Waals surface area (Å²) >= 11 is 0. The highest BCUT2D eigenvalue weighted by Gasteiger charge is 2.16. The number of aromatic nitrogens is 2. The van der Waals surface area contributed by atoms with Crippen LogP contribution in [0.2, 0.25) is 0 Å². The second kappa shape index (κ2) is 6.15. The number of carbonyl (C=O) groups is 1. The van der Waals surface area contributed by atoms with Gasteiger partial charge >= 0.3 is 5.69 Å². The zero-order valence-electron chi connectivity index (χ0n) is 12.2. The van der Waals surface area contributed by atoms with Gasteiger partial charge in [0.2, 0.25) is 5.91 Å². The molecule has 0 spiro atoms. The van der Waals surface area contributed by atoms with E-state index in [4.69, 9.17) is 0 Å². The molecule has 7 nitrogen and oxygen atoms in total. The minimum Gasteiger partial charge on any atom is -0.340 e. The van der Waals surface area contributed by atoms with Crippen molar-refractivity contribution in [2.24, 2.45) is 0 Å². The van der Waals surface area contributed by atoms with Gasteiger partial charge in [-0.3, -0.25) is 19.1 Å². The van der Waals surface area contributed by atoms with Crippen molar-refractivity contribution in [2.45, 2.75) is 13.0 Å². The van der Waals surface area contributed by atoms with Crippen molar-refractivity contribution in [1.82, 2.24) is 19.8 Å². The molecule has 0 saturated carbocycles. The second-order valence-electron chi connectivity index (χ2n) is 5.31. The van der Waals surface area contributed by atoms with Gasteiger partial charge in [0.15, 0.2) is 0 Å². The fraction of sp³-hybridized carbons (Fsp3) is 0.400. The molecule has 0 atom stereocenters. The van der Waals surface area contributed by atoms with Crippen LogP contribution in [0.25, 0.3) is 10.9 Å². The molecule has 2 N–H and O–H groups in total. The summed E-state index contributed by atoms with van der Waals surface area (Å²) in [6.45, 7) is 3.25. The molecule has 2 heterocycles. The molecule has 1 aliphatic heterocycles. The van der Waals surface area contributed by atoms with Crippen LogP contribution in [0.3, 0.4) is 0 Å². The molecule has 1 fully saturated rings. The van der Waals surface area contributed by atoms with E-state index in [2.05, 4.69) is 10.3 Å². The number of H-pyrrole nitrogens is 1. The van der Waals surface area contributed by atoms with E-state index in [1.807, 2.05) is 0 Å². The zero-order chi connectivity index (χ0) is 15.5. The number of aryl methyl sites for hydroxylation is 1. The quantitative estimate of drug-likeness (QED) is 0.801. The largest absolute Gasteiger partial charge is 0.340 e. The normalized spacial score (nSPS) is 15.2. The molecule has 3 rings (SSSR count). The summed E-state index contributed by atoms with van der Waals surface area (Å²) in [6, 6.07) is 6.91. The third-order valence-corrected chi connectivity index (χ3v) is 3.92. The lowest BCUT2D eigenvalue weighted by molar-refractivity contribution is -0.131. The first kappa shape index (κ1) is 14.5. The van der Waals surface area contributed by atoms with Gasteiger partial charge < -0.3 is 10.2 Å². The van der Waals surface area contributed by atoms with Gasteiger partial charge in [0, 0.05) is 39.1 Å². The third kappa shape index (κ3) is 2.80. The molecule has 1 aromatic carbocycles. The standard InChI is InChI=1S/C15H18N4O3/c20-13(18-9-6-16-7-10-18)5-8-19-12-4-2-1-3-11(12)14(21)17-15(19)22/h1-4,16H,5-10H2,(H,17,21,22). The van der Waals surface area contributed by atoms with Gasteiger partial charge in [-0.25, -0.2) is 4.79 Å². The van der Waals surface area contributed by atoms with E-state index in [1.165, 1.54) is 4.57 Å². The number of piperazine rings is 1. The lowest BCUT2D eigenvalue weighted by Gasteiger charge is -2.27. The number of hydrogen-bond acceptors (Lipinski definition) is 4. The zero-order valence-corrected chi connectivity index (χ0v) is 12.2. The lowest BCUT2D eigenvalue weighted by Crippen LogP contribution is -2.46. The number of amides is 1. The Morgan fingerprint density at radius 1 is 1.14 bits per heavy atom. The van der Waals surface area contributed by atoms with Gasteiger partial charge in [0.25, 0.3) is 5.56 Å². The Morgan fingerprint density at radius 2 is 1.86 bits per heavy atom. The summed E-state index contributed by atoms with van der Waals surface area (Å²) in [5.41, 5.74) is -0.313. The van der Waals surface area contributed by atoms with E-state index in [-0.39, 0.29) is 18.9 Å². The molecular weight excluding hydrogens is 284 g/mol. The maximum atomic E-state index is 12.2. The Bertz CT molecular complexity index is 802. The fourth-order valence-electron chi connectivity index (χ4n) is 2.74. The molecule has 1 aliphatic rings. The summed E-state index contributed by atoms with van der Waals surface area (Å²) in [5.74, 6) is 0.0312. The van der Waals surface area contributed by atoms with Crippen molar-refractivity contribution >= 4 is 16.8 Å². The summed E-state index contributed by atoms with van der Waals surface area (Å²) in [6.07, 6.45) is 0.246. The molecule has 1 aromatic heterocycles. The van der Waals surface area contributed by atoms with E-state index in [0.717, 1.165) is 13.1 Å². The number of benzene rings is 1. The van der Waals surface area contributed by atoms with Crippen molar-refractivity contribution in [3.63, 3.8) is 0 Å². The monoisotopic (exact) mass is 302 g/mol. The number of carbonyl (C=O) groups excluding carboxylic acids is 1. The summed E-state index contributed by atoms with van der Waals surface area (Å²) in [7, 11) is 0. The fourth-order valence-corrected chi connectivity index (χ4v) is 2.74. The highest BCUT2D eigenvalue weighted by Crippen LogP contribution is 2.08. The maximum absolute atomic E-state index is 12.2. The van der Waals surface area contributed by atoms with E-state index < -0.39 is 11.2 Å². The lowest BCUT2D eigenvalue weighted by atomic mass is 10.2. The van der Waals surface area contributed by atoms with Gasteiger partial charge in [0.1, 0.15) is 0 Å². The van der Waals surface area contributed by atoms with Crippen LogP contribution in [0.15, 0.2) is 33.9 Å². The third-order valence-electron chi connectivity index (χ3n) is 3.92. The average molecular weight is 302 g/mol. The van der Waals surface area contributed by atoms with Crippen molar-refractivity contribution in [3.05, 3.63) is 45.1 Å². The van der Waals surface area contributed by atoms with Crippen LogP contribution in [0.5, 0.6) is 0 Å². The molecule has 0 aliphatic carbocycles. The van der Waals surface area contributed by atoms with E-state index in [0.29, 0.717) is 24.0 Å². The number of para-hydroxylation sites is 1. The Kier molecular flexibility index (Phi) is 4.06. The smallest absolute Gasteiger partial charge is 0.328 e. The van der Waals surface area contributed by atoms with Gasteiger partial charge in [-0.1, -0.05) is 12.1 Å². The molecule has 0 bridgehead atoms. The molecule has 1 amide bonds. The molecule has 22 heavy (non-hydrogen) atoms. The van der Waals surface area contributed by atoms with E-state index >= 15 is 0 Å². The van der Waals surface area contributed by atoms with Gasteiger partial charge in [-0.15, -0.1) is 0 Å². The number of aromatic amines is 1. The Morgan fingerprint density at radius 3 is 2.64 bits per heavy atom. The molecule has 116 valence electrons. The molecule has 1 saturated heterocycles. The predicted molar refractivity (Wildman–Crippen MR) is 82.9 cm³/mol. The topological polar surface area (TPSA) is 87.2 Å². The summed E-state index contributed by atoms with van der Waals surface area (Å²) < 4.78 is 1.46. The minimum absolute atomic E-state index is 0.0312. The molecule has 2 aromatic rings. The van der Waals surface area contributed by atoms with Crippen LogP contribution in [-0.2, 0) is 11.3 Å². The molecular formula is C15H18N4O3. The highest BCUT2D eigenvalue weighted by molar-refractivity contribution is 5.79. The van der Waals surface area contributed by atoms with Crippen molar-refractivity contribution in [1.29, 1.82) is 0 Å². The van der Waals surface area contributed by atoms with Crippen LogP contribution in [0.1, 0.15) is 6.42 Å². The number of fused-ring (bicyclic) bond motifs is 1. The Balaban J connectivity index is 1.83. The van der Waals surface area contributed by atoms with Crippen LogP contribution in [-0.4, -0.2) is 46.5 Å². The summed E-state index contributed by atoms with van der Waals surface area (Å²) in [4.78, 5) is 40.1. The first-order chi connectivity index (χ1) is 10.7. The second-order valence-corrected chi connectivity index (χ2v) is 5.31. The average Bonchev–Trinajstić information content (AvgIpc) is 2.55. The van der Waals surface area contributed by atoms with Gasteiger partial charge in [-0.05, 0) is 12.1 Å². The van der Waals surface area contributed by atoms with Crippen LogP contribution in [0.4, 0.5) is 0 Å². The Labute approximate surface area is 126 Å². The number of rotatable bonds is 3. The first-order valence-electron chi connectivity index (χ1n) is 7.37. The highest BCUT2D eigenvalue weighted by atomic mass is 16.2. The van der Waals surface area contributed by atoms with Crippen molar-refractivity contribution in [3.8, 4) is 0 Å². The van der Waals surface area contributed by atoms with Crippen LogP contribution in [0, 0.1) is 0 Å². The SMILES string of the molecule is O=C(CCn1c(=O)[nH]c(=O)c2ccccc21)N1CCNCC1. The number of nitrogens with zero attached hydrogens (tertiary/aromatic N) is 2.